The van der Waals surface area contributed by atoms with Crippen LogP contribution in [0.3, 0.4) is 0 Å². The number of esters is 1. The van der Waals surface area contributed by atoms with Crippen LogP contribution >= 0.6 is 11.6 Å². The van der Waals surface area contributed by atoms with Crippen molar-refractivity contribution in [2.24, 2.45) is 0 Å². The van der Waals surface area contributed by atoms with E-state index in [9.17, 15) is 9.59 Å². The predicted octanol–water partition coefficient (Wildman–Crippen LogP) is 5.07. The Bertz CT molecular complexity index is 816. The number of nitrogens with one attached hydrogen (secondary N) is 1. The van der Waals surface area contributed by atoms with E-state index in [-0.39, 0.29) is 12.5 Å². The maximum absolute atomic E-state index is 12.3. The number of rotatable bonds is 6. The lowest BCUT2D eigenvalue weighted by Crippen LogP contribution is -2.32. The minimum atomic E-state index is -0.601. The van der Waals surface area contributed by atoms with E-state index in [1.807, 2.05) is 24.3 Å². The molecule has 1 unspecified atom stereocenters. The van der Waals surface area contributed by atoms with E-state index in [1.54, 1.807) is 24.3 Å². The molecular formula is C23H26ClNO3. The molecule has 5 heteroatoms. The summed E-state index contributed by atoms with van der Waals surface area (Å²) in [5.41, 5.74) is 2.46. The molecule has 2 aromatic rings. The minimum Gasteiger partial charge on any atom is -0.468 e. The number of amides is 1. The Balaban J connectivity index is 1.75. The van der Waals surface area contributed by atoms with E-state index in [1.165, 1.54) is 26.4 Å². The van der Waals surface area contributed by atoms with Gasteiger partial charge in [0.25, 0.3) is 5.91 Å². The minimum absolute atomic E-state index is 0.152. The second-order valence-electron chi connectivity index (χ2n) is 7.27. The fourth-order valence-corrected chi connectivity index (χ4v) is 4.21. The van der Waals surface area contributed by atoms with Crippen molar-refractivity contribution in [3.63, 3.8) is 0 Å². The zero-order valence-electron chi connectivity index (χ0n) is 16.1. The lowest BCUT2D eigenvalue weighted by Gasteiger charge is -2.24. The molecule has 4 nitrogen and oxygen atoms in total. The molecule has 148 valence electrons. The van der Waals surface area contributed by atoms with Gasteiger partial charge in [0.05, 0.1) is 13.0 Å². The third kappa shape index (κ3) is 4.93. The van der Waals surface area contributed by atoms with Crippen LogP contribution < -0.4 is 5.32 Å². The lowest BCUT2D eigenvalue weighted by atomic mass is 9.83. The van der Waals surface area contributed by atoms with Crippen LogP contribution in [0.2, 0.25) is 5.02 Å². The fraction of sp³-hybridized carbons (Fsp3) is 0.391. The highest BCUT2D eigenvalue weighted by molar-refractivity contribution is 6.31. The molecule has 0 radical (unpaired) electrons. The summed E-state index contributed by atoms with van der Waals surface area (Å²) in [6.45, 7) is 0.152. The molecule has 1 aliphatic carbocycles. The summed E-state index contributed by atoms with van der Waals surface area (Å²) >= 11 is 6.57. The highest BCUT2D eigenvalue weighted by atomic mass is 35.5. The molecular weight excluding hydrogens is 374 g/mol. The molecule has 0 aromatic heterocycles. The number of ether oxygens (including phenoxy) is 1. The number of carbonyl (C=O) groups is 2. The molecule has 0 saturated heterocycles. The summed E-state index contributed by atoms with van der Waals surface area (Å²) in [6.07, 6.45) is 6.08. The van der Waals surface area contributed by atoms with Crippen LogP contribution in [0.4, 0.5) is 0 Å². The Morgan fingerprint density at radius 3 is 2.46 bits per heavy atom. The van der Waals surface area contributed by atoms with Crippen molar-refractivity contribution in [1.29, 1.82) is 0 Å². The molecule has 28 heavy (non-hydrogen) atoms. The molecule has 1 aliphatic rings. The summed E-state index contributed by atoms with van der Waals surface area (Å²) < 4.78 is 4.96. The molecule has 2 aromatic carbocycles. The first kappa shape index (κ1) is 20.4. The molecule has 3 rings (SSSR count). The van der Waals surface area contributed by atoms with Gasteiger partial charge < -0.3 is 10.1 Å². The Hall–Kier alpha value is -2.33. The zero-order valence-corrected chi connectivity index (χ0v) is 16.9. The second kappa shape index (κ2) is 9.74. The summed E-state index contributed by atoms with van der Waals surface area (Å²) in [7, 11) is 1.35. The topological polar surface area (TPSA) is 55.4 Å². The first-order chi connectivity index (χ1) is 13.6. The van der Waals surface area contributed by atoms with E-state index < -0.39 is 11.9 Å². The van der Waals surface area contributed by atoms with Crippen LogP contribution in [0.1, 0.15) is 65.4 Å². The van der Waals surface area contributed by atoms with Crippen LogP contribution in [0.5, 0.6) is 0 Å². The van der Waals surface area contributed by atoms with Gasteiger partial charge in [-0.15, -0.1) is 0 Å². The maximum atomic E-state index is 12.3. The molecule has 1 amide bonds. The number of methoxy groups -OCH3 is 1. The van der Waals surface area contributed by atoms with Gasteiger partial charge in [-0.25, -0.2) is 0 Å². The van der Waals surface area contributed by atoms with Crippen LogP contribution in [0, 0.1) is 0 Å². The summed E-state index contributed by atoms with van der Waals surface area (Å²) in [5.74, 6) is -0.727. The Kier molecular flexibility index (Phi) is 7.10. The average molecular weight is 400 g/mol. The van der Waals surface area contributed by atoms with Crippen LogP contribution in [-0.4, -0.2) is 25.5 Å². The van der Waals surface area contributed by atoms with Gasteiger partial charge in [0.2, 0.25) is 0 Å². The van der Waals surface area contributed by atoms with Crippen molar-refractivity contribution >= 4 is 23.5 Å². The van der Waals surface area contributed by atoms with Crippen molar-refractivity contribution < 1.29 is 14.3 Å². The van der Waals surface area contributed by atoms with E-state index in [2.05, 4.69) is 5.32 Å². The number of halogens is 1. The predicted molar refractivity (Wildman–Crippen MR) is 111 cm³/mol. The van der Waals surface area contributed by atoms with Gasteiger partial charge >= 0.3 is 5.97 Å². The first-order valence-corrected chi connectivity index (χ1v) is 10.2. The van der Waals surface area contributed by atoms with E-state index in [0.29, 0.717) is 16.5 Å². The second-order valence-corrected chi connectivity index (χ2v) is 7.67. The number of benzene rings is 2. The van der Waals surface area contributed by atoms with E-state index in [4.69, 9.17) is 16.3 Å². The quantitative estimate of drug-likeness (QED) is 0.689. The van der Waals surface area contributed by atoms with E-state index >= 15 is 0 Å². The molecule has 0 bridgehead atoms. The largest absolute Gasteiger partial charge is 0.468 e. The molecule has 1 N–H and O–H groups in total. The van der Waals surface area contributed by atoms with Gasteiger partial charge in [-0.1, -0.05) is 61.2 Å². The van der Waals surface area contributed by atoms with Gasteiger partial charge in [-0.05, 0) is 48.1 Å². The fourth-order valence-electron chi connectivity index (χ4n) is 3.87. The average Bonchev–Trinajstić information content (AvgIpc) is 2.74. The van der Waals surface area contributed by atoms with Gasteiger partial charge in [-0.2, -0.15) is 0 Å². The molecule has 0 spiro atoms. The lowest BCUT2D eigenvalue weighted by molar-refractivity contribution is -0.142. The standard InChI is InChI=1S/C23H26ClNO3/c1-28-23(27)20(15-25-22(26)17-10-6-3-7-11-17)18-12-13-19(21(24)14-18)16-8-4-2-5-9-16/h3,6-7,10-14,16,20H,2,4-5,8-9,15H2,1H3,(H,25,26). The van der Waals surface area contributed by atoms with Gasteiger partial charge in [0.15, 0.2) is 0 Å². The molecule has 0 aliphatic heterocycles. The number of carbonyl (C=O) groups excluding carboxylic acids is 2. The number of hydrogen-bond acceptors (Lipinski definition) is 3. The Morgan fingerprint density at radius 2 is 1.82 bits per heavy atom. The van der Waals surface area contributed by atoms with Crippen LogP contribution in [-0.2, 0) is 9.53 Å². The number of hydrogen-bond donors (Lipinski definition) is 1. The van der Waals surface area contributed by atoms with E-state index in [0.717, 1.165) is 24.0 Å². The van der Waals surface area contributed by atoms with Crippen molar-refractivity contribution in [3.05, 3.63) is 70.2 Å². The molecule has 1 atom stereocenters. The smallest absolute Gasteiger partial charge is 0.314 e. The van der Waals surface area contributed by atoms with Crippen LogP contribution in [0.25, 0.3) is 0 Å². The maximum Gasteiger partial charge on any atom is 0.314 e. The Morgan fingerprint density at radius 1 is 1.11 bits per heavy atom. The van der Waals surface area contributed by atoms with Crippen molar-refractivity contribution in [3.8, 4) is 0 Å². The molecule has 0 heterocycles. The monoisotopic (exact) mass is 399 g/mol. The SMILES string of the molecule is COC(=O)C(CNC(=O)c1ccccc1)c1ccc(C2CCCCC2)c(Cl)c1. The summed E-state index contributed by atoms with van der Waals surface area (Å²) in [5, 5.41) is 3.52. The van der Waals surface area contributed by atoms with Crippen molar-refractivity contribution in [1.82, 2.24) is 5.32 Å². The zero-order chi connectivity index (χ0) is 19.9. The third-order valence-electron chi connectivity index (χ3n) is 5.46. The highest BCUT2D eigenvalue weighted by Crippen LogP contribution is 2.37. The highest BCUT2D eigenvalue weighted by Gasteiger charge is 2.25. The van der Waals surface area contributed by atoms with Crippen molar-refractivity contribution in [2.45, 2.75) is 43.9 Å². The normalized spacial score (nSPS) is 15.6. The molecule has 1 fully saturated rings. The summed E-state index contributed by atoms with van der Waals surface area (Å²) in [6, 6.07) is 14.7. The van der Waals surface area contributed by atoms with Crippen molar-refractivity contribution in [2.75, 3.05) is 13.7 Å². The third-order valence-corrected chi connectivity index (χ3v) is 5.79. The first-order valence-electron chi connectivity index (χ1n) is 9.80. The van der Waals surface area contributed by atoms with Crippen LogP contribution in [0.15, 0.2) is 48.5 Å². The van der Waals surface area contributed by atoms with Gasteiger partial charge in [0.1, 0.15) is 0 Å². The van der Waals surface area contributed by atoms with Gasteiger partial charge in [0, 0.05) is 17.1 Å². The molecule has 1 saturated carbocycles. The summed E-state index contributed by atoms with van der Waals surface area (Å²) in [4.78, 5) is 24.7. The Labute approximate surface area is 171 Å². The van der Waals surface area contributed by atoms with Gasteiger partial charge in [-0.3, -0.25) is 9.59 Å².